The summed E-state index contributed by atoms with van der Waals surface area (Å²) in [5.41, 5.74) is 3.43. The monoisotopic (exact) mass is 315 g/mol. The molecule has 1 heterocycles. The molecule has 0 bridgehead atoms. The highest BCUT2D eigenvalue weighted by atomic mass is 16.4. The van der Waals surface area contributed by atoms with Gasteiger partial charge < -0.3 is 10.0 Å². The number of rotatable bonds is 5. The molecule has 6 nitrogen and oxygen atoms in total. The Hall–Kier alpha value is -2.63. The topological polar surface area (TPSA) is 75.4 Å². The van der Waals surface area contributed by atoms with Gasteiger partial charge in [-0.15, -0.1) is 0 Å². The first kappa shape index (κ1) is 16.7. The number of benzene rings is 1. The fraction of sp³-hybridized carbons (Fsp3) is 0.353. The number of likely N-dealkylation sites (N-methyl/N-ethyl adjacent to an activating group) is 1. The number of carboxylic acid groups (broad SMARTS) is 1. The summed E-state index contributed by atoms with van der Waals surface area (Å²) in [6.07, 6.45) is 0.138. The predicted molar refractivity (Wildman–Crippen MR) is 86.6 cm³/mol. The van der Waals surface area contributed by atoms with Gasteiger partial charge in [-0.25, -0.2) is 9.48 Å². The minimum absolute atomic E-state index is 0.138. The number of carboxylic acids is 1. The standard InChI is InChI=1S/C17H21N3O3/c1-11-15(10-16(21)19(4)13(3)17(22)23)12(2)20(18-11)14-8-6-5-7-9-14/h5-9,13H,10H2,1-4H3,(H,22,23). The zero-order chi connectivity index (χ0) is 17.1. The van der Waals surface area contributed by atoms with E-state index in [4.69, 9.17) is 5.11 Å². The molecular weight excluding hydrogens is 294 g/mol. The maximum Gasteiger partial charge on any atom is 0.326 e. The number of para-hydroxylation sites is 1. The van der Waals surface area contributed by atoms with Crippen LogP contribution >= 0.6 is 0 Å². The Balaban J connectivity index is 2.26. The molecule has 122 valence electrons. The highest BCUT2D eigenvalue weighted by Gasteiger charge is 2.24. The lowest BCUT2D eigenvalue weighted by Gasteiger charge is -2.21. The molecule has 0 saturated carbocycles. The van der Waals surface area contributed by atoms with Crippen LogP contribution in [0.2, 0.25) is 0 Å². The van der Waals surface area contributed by atoms with Gasteiger partial charge in [0.25, 0.3) is 0 Å². The van der Waals surface area contributed by atoms with E-state index in [2.05, 4.69) is 5.10 Å². The van der Waals surface area contributed by atoms with Gasteiger partial charge in [0, 0.05) is 18.3 Å². The highest BCUT2D eigenvalue weighted by molar-refractivity contribution is 5.84. The number of carbonyl (C=O) groups excluding carboxylic acids is 1. The first-order valence-electron chi connectivity index (χ1n) is 7.42. The zero-order valence-electron chi connectivity index (χ0n) is 13.8. The summed E-state index contributed by atoms with van der Waals surface area (Å²) in [7, 11) is 1.51. The van der Waals surface area contributed by atoms with Crippen LogP contribution in [0.5, 0.6) is 0 Å². The molecule has 23 heavy (non-hydrogen) atoms. The molecule has 0 aliphatic rings. The molecule has 1 atom stereocenters. The van der Waals surface area contributed by atoms with Crippen LogP contribution < -0.4 is 0 Å². The Kier molecular flexibility index (Phi) is 4.83. The predicted octanol–water partition coefficient (Wildman–Crippen LogP) is 1.96. The molecule has 1 unspecified atom stereocenters. The molecule has 1 aromatic carbocycles. The highest BCUT2D eigenvalue weighted by Crippen LogP contribution is 2.19. The summed E-state index contributed by atoms with van der Waals surface area (Å²) in [5, 5.41) is 13.5. The Morgan fingerprint density at radius 2 is 1.87 bits per heavy atom. The number of carbonyl (C=O) groups is 2. The average Bonchev–Trinajstić information content (AvgIpc) is 2.82. The number of hydrogen-bond donors (Lipinski definition) is 1. The number of aliphatic carboxylic acids is 1. The molecule has 0 saturated heterocycles. The summed E-state index contributed by atoms with van der Waals surface area (Å²) in [4.78, 5) is 24.6. The van der Waals surface area contributed by atoms with Crippen LogP contribution in [0.1, 0.15) is 23.9 Å². The van der Waals surface area contributed by atoms with Gasteiger partial charge in [0.2, 0.25) is 5.91 Å². The van der Waals surface area contributed by atoms with Crippen LogP contribution in [0, 0.1) is 13.8 Å². The van der Waals surface area contributed by atoms with Gasteiger partial charge in [0.1, 0.15) is 6.04 Å². The van der Waals surface area contributed by atoms with Gasteiger partial charge in [0.15, 0.2) is 0 Å². The van der Waals surface area contributed by atoms with E-state index in [1.807, 2.05) is 44.2 Å². The Morgan fingerprint density at radius 1 is 1.26 bits per heavy atom. The van der Waals surface area contributed by atoms with E-state index < -0.39 is 12.0 Å². The first-order chi connectivity index (χ1) is 10.8. The summed E-state index contributed by atoms with van der Waals surface area (Å²) in [5.74, 6) is -1.26. The van der Waals surface area contributed by atoms with Gasteiger partial charge in [-0.1, -0.05) is 18.2 Å². The lowest BCUT2D eigenvalue weighted by Crippen LogP contribution is -2.41. The van der Waals surface area contributed by atoms with Crippen molar-refractivity contribution in [3.63, 3.8) is 0 Å². The average molecular weight is 315 g/mol. The minimum Gasteiger partial charge on any atom is -0.480 e. The van der Waals surface area contributed by atoms with Crippen molar-refractivity contribution >= 4 is 11.9 Å². The smallest absolute Gasteiger partial charge is 0.326 e. The maximum absolute atomic E-state index is 12.3. The van der Waals surface area contributed by atoms with Crippen LogP contribution in [0.25, 0.3) is 5.69 Å². The third kappa shape index (κ3) is 3.41. The van der Waals surface area contributed by atoms with Crippen molar-refractivity contribution < 1.29 is 14.7 Å². The summed E-state index contributed by atoms with van der Waals surface area (Å²) < 4.78 is 1.80. The van der Waals surface area contributed by atoms with E-state index in [-0.39, 0.29) is 12.3 Å². The van der Waals surface area contributed by atoms with Crippen molar-refractivity contribution in [3.05, 3.63) is 47.3 Å². The summed E-state index contributed by atoms with van der Waals surface area (Å²) in [6.45, 7) is 5.26. The third-order valence-corrected chi connectivity index (χ3v) is 4.10. The lowest BCUT2D eigenvalue weighted by atomic mass is 10.1. The Bertz CT molecular complexity index is 722. The molecule has 2 rings (SSSR count). The number of amides is 1. The van der Waals surface area contributed by atoms with Crippen LogP contribution in [-0.4, -0.2) is 44.8 Å². The normalized spacial score (nSPS) is 12.0. The van der Waals surface area contributed by atoms with E-state index >= 15 is 0 Å². The van der Waals surface area contributed by atoms with E-state index in [0.29, 0.717) is 0 Å². The number of aromatic nitrogens is 2. The lowest BCUT2D eigenvalue weighted by molar-refractivity contribution is -0.148. The fourth-order valence-corrected chi connectivity index (χ4v) is 2.41. The van der Waals surface area contributed by atoms with Gasteiger partial charge in [-0.05, 0) is 32.9 Å². The van der Waals surface area contributed by atoms with Crippen molar-refractivity contribution in [1.29, 1.82) is 0 Å². The molecule has 0 spiro atoms. The second-order valence-corrected chi connectivity index (χ2v) is 5.59. The van der Waals surface area contributed by atoms with Crippen molar-refractivity contribution in [3.8, 4) is 5.69 Å². The Morgan fingerprint density at radius 3 is 2.43 bits per heavy atom. The van der Waals surface area contributed by atoms with E-state index in [1.165, 1.54) is 18.9 Å². The molecule has 6 heteroatoms. The largest absolute Gasteiger partial charge is 0.480 e. The van der Waals surface area contributed by atoms with Gasteiger partial charge in [-0.2, -0.15) is 5.10 Å². The van der Waals surface area contributed by atoms with Crippen LogP contribution in [0.3, 0.4) is 0 Å². The maximum atomic E-state index is 12.3. The summed E-state index contributed by atoms with van der Waals surface area (Å²) >= 11 is 0. The molecule has 0 aliphatic heterocycles. The number of hydrogen-bond acceptors (Lipinski definition) is 3. The first-order valence-corrected chi connectivity index (χ1v) is 7.42. The molecule has 1 amide bonds. The van der Waals surface area contributed by atoms with Gasteiger partial charge in [0.05, 0.1) is 17.8 Å². The zero-order valence-corrected chi connectivity index (χ0v) is 13.8. The number of aryl methyl sites for hydroxylation is 1. The minimum atomic E-state index is -1.02. The van der Waals surface area contributed by atoms with Gasteiger partial charge in [-0.3, -0.25) is 4.79 Å². The van der Waals surface area contributed by atoms with Crippen LogP contribution in [-0.2, 0) is 16.0 Å². The summed E-state index contributed by atoms with van der Waals surface area (Å²) in [6, 6.07) is 8.83. The molecule has 1 aromatic heterocycles. The van der Waals surface area contributed by atoms with Crippen molar-refractivity contribution in [1.82, 2.24) is 14.7 Å². The second-order valence-electron chi connectivity index (χ2n) is 5.59. The van der Waals surface area contributed by atoms with Crippen molar-refractivity contribution in [2.45, 2.75) is 33.2 Å². The van der Waals surface area contributed by atoms with Crippen LogP contribution in [0.4, 0.5) is 0 Å². The molecule has 0 radical (unpaired) electrons. The second kappa shape index (κ2) is 6.64. The SMILES string of the molecule is Cc1nn(-c2ccccc2)c(C)c1CC(=O)N(C)C(C)C(=O)O. The van der Waals surface area contributed by atoms with Crippen LogP contribution in [0.15, 0.2) is 30.3 Å². The quantitative estimate of drug-likeness (QED) is 0.915. The number of nitrogens with zero attached hydrogens (tertiary/aromatic N) is 3. The van der Waals surface area contributed by atoms with Crippen molar-refractivity contribution in [2.75, 3.05) is 7.05 Å². The molecule has 2 aromatic rings. The Labute approximate surface area is 135 Å². The molecule has 1 N–H and O–H groups in total. The molecular formula is C17H21N3O3. The van der Waals surface area contributed by atoms with E-state index in [1.54, 1.807) is 4.68 Å². The third-order valence-electron chi connectivity index (χ3n) is 4.10. The van der Waals surface area contributed by atoms with Crippen molar-refractivity contribution in [2.24, 2.45) is 0 Å². The molecule has 0 aliphatic carbocycles. The fourth-order valence-electron chi connectivity index (χ4n) is 2.41. The van der Waals surface area contributed by atoms with E-state index in [9.17, 15) is 9.59 Å². The van der Waals surface area contributed by atoms with Gasteiger partial charge >= 0.3 is 5.97 Å². The molecule has 0 fully saturated rings. The van der Waals surface area contributed by atoms with E-state index in [0.717, 1.165) is 22.6 Å².